The first kappa shape index (κ1) is 21.4. The van der Waals surface area contributed by atoms with Gasteiger partial charge in [-0.05, 0) is 31.2 Å². The molecule has 28 heavy (non-hydrogen) atoms. The predicted octanol–water partition coefficient (Wildman–Crippen LogP) is 2.76. The highest BCUT2D eigenvalue weighted by atomic mass is 19.4. The summed E-state index contributed by atoms with van der Waals surface area (Å²) >= 11 is 0. The molecule has 11 heteroatoms. The number of rotatable bonds is 6. The maximum Gasteiger partial charge on any atom is 0.425 e. The number of nitrogens with one attached hydrogen (secondary N) is 2. The van der Waals surface area contributed by atoms with Crippen LogP contribution < -0.4 is 10.6 Å². The summed E-state index contributed by atoms with van der Waals surface area (Å²) in [5, 5.41) is 14.0. The van der Waals surface area contributed by atoms with Crippen LogP contribution in [0, 0.1) is 18.6 Å². The van der Waals surface area contributed by atoms with Crippen LogP contribution in [0.3, 0.4) is 0 Å². The fraction of sp³-hybridized carbons (Fsp3) is 0.294. The summed E-state index contributed by atoms with van der Waals surface area (Å²) in [6.07, 6.45) is -6.66. The smallest absolute Gasteiger partial charge is 0.425 e. The largest absolute Gasteiger partial charge is 0.463 e. The Morgan fingerprint density at radius 1 is 1.07 bits per heavy atom. The Balaban J connectivity index is 1.99. The van der Waals surface area contributed by atoms with Gasteiger partial charge in [0, 0.05) is 11.8 Å². The van der Waals surface area contributed by atoms with E-state index in [-0.39, 0.29) is 11.4 Å². The van der Waals surface area contributed by atoms with Gasteiger partial charge in [0.15, 0.2) is 11.6 Å². The van der Waals surface area contributed by atoms with Gasteiger partial charge in [-0.3, -0.25) is 9.59 Å². The van der Waals surface area contributed by atoms with Crippen molar-refractivity contribution in [1.29, 1.82) is 0 Å². The number of benzene rings is 1. The van der Waals surface area contributed by atoms with Crippen molar-refractivity contribution in [2.75, 3.05) is 11.9 Å². The molecule has 2 aromatic rings. The van der Waals surface area contributed by atoms with E-state index in [0.29, 0.717) is 6.07 Å². The number of amides is 2. The van der Waals surface area contributed by atoms with Gasteiger partial charge < -0.3 is 20.2 Å². The second-order valence-corrected chi connectivity index (χ2v) is 5.90. The third kappa shape index (κ3) is 4.85. The van der Waals surface area contributed by atoms with Crippen molar-refractivity contribution in [2.24, 2.45) is 0 Å². The number of anilines is 1. The molecule has 2 rings (SSSR count). The number of aryl methyl sites for hydroxylation is 1. The molecule has 0 fully saturated rings. The predicted molar refractivity (Wildman–Crippen MR) is 86.0 cm³/mol. The van der Waals surface area contributed by atoms with E-state index in [1.807, 2.05) is 5.32 Å². The molecule has 0 saturated heterocycles. The van der Waals surface area contributed by atoms with E-state index in [1.165, 1.54) is 13.0 Å². The lowest BCUT2D eigenvalue weighted by atomic mass is 9.95. The topological polar surface area (TPSA) is 91.6 Å². The Labute approximate surface area is 155 Å². The van der Waals surface area contributed by atoms with Gasteiger partial charge in [-0.2, -0.15) is 13.2 Å². The quantitative estimate of drug-likeness (QED) is 0.644. The van der Waals surface area contributed by atoms with Gasteiger partial charge in [0.05, 0.1) is 13.0 Å². The molecule has 0 aliphatic rings. The van der Waals surface area contributed by atoms with Crippen LogP contribution in [0.5, 0.6) is 0 Å². The molecule has 1 heterocycles. The third-order valence-corrected chi connectivity index (χ3v) is 3.68. The van der Waals surface area contributed by atoms with Gasteiger partial charge in [0.2, 0.25) is 17.4 Å². The number of hydrogen-bond acceptors (Lipinski definition) is 4. The molecule has 6 nitrogen and oxygen atoms in total. The molecule has 0 spiro atoms. The molecule has 2 amide bonds. The number of halogens is 5. The summed E-state index contributed by atoms with van der Waals surface area (Å²) in [7, 11) is 0. The normalized spacial score (nSPS) is 13.7. The van der Waals surface area contributed by atoms with E-state index in [1.54, 1.807) is 0 Å². The van der Waals surface area contributed by atoms with Crippen LogP contribution in [0.15, 0.2) is 34.7 Å². The van der Waals surface area contributed by atoms with Crippen LogP contribution >= 0.6 is 0 Å². The van der Waals surface area contributed by atoms with Crippen molar-refractivity contribution in [3.05, 3.63) is 53.5 Å². The standard InChI is InChI=1S/C17H15F5N2O4/c1-9-2-5-13(28-9)16(27,17(20,21)22)7-14(25)23-8-15(26)24-10-3-4-11(18)12(19)6-10/h2-6,27H,7-8H2,1H3,(H,23,25)(H,24,26)/t16-/m0/s1. The number of furan rings is 1. The highest BCUT2D eigenvalue weighted by Crippen LogP contribution is 2.42. The van der Waals surface area contributed by atoms with Gasteiger partial charge in [0.25, 0.3) is 0 Å². The minimum absolute atomic E-state index is 0.101. The lowest BCUT2D eigenvalue weighted by Gasteiger charge is -2.27. The lowest BCUT2D eigenvalue weighted by molar-refractivity contribution is -0.273. The van der Waals surface area contributed by atoms with Crippen molar-refractivity contribution in [2.45, 2.75) is 25.1 Å². The van der Waals surface area contributed by atoms with Crippen molar-refractivity contribution in [3.63, 3.8) is 0 Å². The Morgan fingerprint density at radius 3 is 2.29 bits per heavy atom. The molecule has 152 valence electrons. The highest BCUT2D eigenvalue weighted by molar-refractivity contribution is 5.94. The molecule has 1 aromatic heterocycles. The van der Waals surface area contributed by atoms with Crippen LogP contribution in [0.4, 0.5) is 27.6 Å². The van der Waals surface area contributed by atoms with Gasteiger partial charge in [-0.25, -0.2) is 8.78 Å². The Bertz CT molecular complexity index is 881. The fourth-order valence-electron chi connectivity index (χ4n) is 2.24. The molecular weight excluding hydrogens is 391 g/mol. The molecule has 3 N–H and O–H groups in total. The Kier molecular flexibility index (Phi) is 6.07. The zero-order valence-corrected chi connectivity index (χ0v) is 14.4. The molecule has 1 atom stereocenters. The van der Waals surface area contributed by atoms with Crippen molar-refractivity contribution < 1.29 is 41.1 Å². The molecule has 0 unspecified atom stereocenters. The molecule has 0 aliphatic heterocycles. The summed E-state index contributed by atoms with van der Waals surface area (Å²) < 4.78 is 70.5. The van der Waals surface area contributed by atoms with Crippen molar-refractivity contribution >= 4 is 17.5 Å². The van der Waals surface area contributed by atoms with Crippen LogP contribution in [0.2, 0.25) is 0 Å². The van der Waals surface area contributed by atoms with E-state index in [2.05, 4.69) is 5.32 Å². The fourth-order valence-corrected chi connectivity index (χ4v) is 2.24. The summed E-state index contributed by atoms with van der Waals surface area (Å²) in [6, 6.07) is 4.60. The minimum Gasteiger partial charge on any atom is -0.463 e. The summed E-state index contributed by atoms with van der Waals surface area (Å²) in [6.45, 7) is 0.603. The van der Waals surface area contributed by atoms with Gasteiger partial charge >= 0.3 is 6.18 Å². The minimum atomic E-state index is -5.22. The SMILES string of the molecule is Cc1ccc([C@@](O)(CC(=O)NCC(=O)Nc2ccc(F)c(F)c2)C(F)(F)F)o1. The van der Waals surface area contributed by atoms with Crippen LogP contribution in [-0.4, -0.2) is 29.6 Å². The van der Waals surface area contributed by atoms with E-state index in [9.17, 15) is 36.6 Å². The number of alkyl halides is 3. The van der Waals surface area contributed by atoms with Gasteiger partial charge in [-0.15, -0.1) is 0 Å². The van der Waals surface area contributed by atoms with E-state index in [0.717, 1.165) is 18.2 Å². The number of aliphatic hydroxyl groups is 1. The molecule has 1 aromatic carbocycles. The first-order valence-corrected chi connectivity index (χ1v) is 7.80. The van der Waals surface area contributed by atoms with Crippen LogP contribution in [-0.2, 0) is 15.2 Å². The van der Waals surface area contributed by atoms with E-state index < -0.39 is 54.0 Å². The van der Waals surface area contributed by atoms with Crippen LogP contribution in [0.25, 0.3) is 0 Å². The molecule has 0 aliphatic carbocycles. The molecule has 0 radical (unpaired) electrons. The van der Waals surface area contributed by atoms with E-state index in [4.69, 9.17) is 4.42 Å². The lowest BCUT2D eigenvalue weighted by Crippen LogP contribution is -2.46. The second kappa shape index (κ2) is 7.97. The highest BCUT2D eigenvalue weighted by Gasteiger charge is 2.58. The average molecular weight is 406 g/mol. The summed E-state index contributed by atoms with van der Waals surface area (Å²) in [5.74, 6) is -5.29. The first-order valence-electron chi connectivity index (χ1n) is 7.80. The summed E-state index contributed by atoms with van der Waals surface area (Å²) in [4.78, 5) is 23.5. The maximum absolute atomic E-state index is 13.3. The number of hydrogen-bond donors (Lipinski definition) is 3. The average Bonchev–Trinajstić information content (AvgIpc) is 3.02. The number of carbonyl (C=O) groups is 2. The van der Waals surface area contributed by atoms with E-state index >= 15 is 0 Å². The molecule has 0 saturated carbocycles. The number of carbonyl (C=O) groups excluding carboxylic acids is 2. The second-order valence-electron chi connectivity index (χ2n) is 5.90. The van der Waals surface area contributed by atoms with Crippen molar-refractivity contribution in [1.82, 2.24) is 5.32 Å². The Hall–Kier alpha value is -2.95. The molecule has 0 bridgehead atoms. The van der Waals surface area contributed by atoms with Crippen molar-refractivity contribution in [3.8, 4) is 0 Å². The van der Waals surface area contributed by atoms with Gasteiger partial charge in [-0.1, -0.05) is 0 Å². The maximum atomic E-state index is 13.3. The monoisotopic (exact) mass is 406 g/mol. The third-order valence-electron chi connectivity index (χ3n) is 3.68. The van der Waals surface area contributed by atoms with Crippen LogP contribution in [0.1, 0.15) is 17.9 Å². The zero-order chi connectivity index (χ0) is 21.1. The van der Waals surface area contributed by atoms with Gasteiger partial charge in [0.1, 0.15) is 11.5 Å². The summed E-state index contributed by atoms with van der Waals surface area (Å²) in [5.41, 5.74) is -3.70. The Morgan fingerprint density at radius 2 is 1.75 bits per heavy atom. The first-order chi connectivity index (χ1) is 12.9. The molecular formula is C17H15F5N2O4. The zero-order valence-electron chi connectivity index (χ0n) is 14.4.